The van der Waals surface area contributed by atoms with Gasteiger partial charge in [0.05, 0.1) is 0 Å². The Morgan fingerprint density at radius 3 is 1.80 bits per heavy atom. The molecule has 5 heteroatoms. The molecule has 0 atom stereocenters. The zero-order valence-electron chi connectivity index (χ0n) is 13.5. The van der Waals surface area contributed by atoms with E-state index in [4.69, 9.17) is 8.85 Å². The van der Waals surface area contributed by atoms with Gasteiger partial charge in [-0.25, -0.2) is 0 Å². The van der Waals surface area contributed by atoms with Crippen molar-refractivity contribution in [3.05, 3.63) is 23.9 Å². The van der Waals surface area contributed by atoms with E-state index in [9.17, 15) is 0 Å². The molecule has 0 aliphatic carbocycles. The SMILES string of the molecule is Cc1cc2cc(O[Si](C)(C)C)c(O[Si](C)(C)C)cc2[nH]1. The van der Waals surface area contributed by atoms with E-state index in [1.165, 1.54) is 5.39 Å². The summed E-state index contributed by atoms with van der Waals surface area (Å²) in [4.78, 5) is 3.37. The molecule has 0 spiro atoms. The Hall–Kier alpha value is -1.21. The van der Waals surface area contributed by atoms with Crippen molar-refractivity contribution in [2.45, 2.75) is 46.2 Å². The van der Waals surface area contributed by atoms with Crippen LogP contribution in [0.15, 0.2) is 18.2 Å². The van der Waals surface area contributed by atoms with Crippen LogP contribution in [-0.2, 0) is 0 Å². The molecule has 0 amide bonds. The smallest absolute Gasteiger partial charge is 0.242 e. The van der Waals surface area contributed by atoms with E-state index < -0.39 is 16.6 Å². The van der Waals surface area contributed by atoms with Gasteiger partial charge in [-0.15, -0.1) is 0 Å². The highest BCUT2D eigenvalue weighted by molar-refractivity contribution is 6.71. The van der Waals surface area contributed by atoms with E-state index in [2.05, 4.69) is 69.4 Å². The Balaban J connectivity index is 2.52. The third-order valence-corrected chi connectivity index (χ3v) is 4.32. The first-order chi connectivity index (χ1) is 9.03. The molecule has 0 saturated carbocycles. The number of hydrogen-bond acceptors (Lipinski definition) is 2. The third kappa shape index (κ3) is 3.90. The maximum atomic E-state index is 6.22. The van der Waals surface area contributed by atoms with Gasteiger partial charge in [-0.05, 0) is 58.3 Å². The lowest BCUT2D eigenvalue weighted by Crippen LogP contribution is -2.32. The Morgan fingerprint density at radius 2 is 1.30 bits per heavy atom. The fourth-order valence-electron chi connectivity index (χ4n) is 2.10. The minimum absolute atomic E-state index is 0.876. The van der Waals surface area contributed by atoms with Gasteiger partial charge in [0.25, 0.3) is 0 Å². The second kappa shape index (κ2) is 4.96. The van der Waals surface area contributed by atoms with Gasteiger partial charge in [-0.2, -0.15) is 0 Å². The Bertz CT molecular complexity index is 568. The van der Waals surface area contributed by atoms with Crippen molar-refractivity contribution >= 4 is 27.5 Å². The summed E-state index contributed by atoms with van der Waals surface area (Å²) >= 11 is 0. The van der Waals surface area contributed by atoms with E-state index >= 15 is 0 Å². The predicted octanol–water partition coefficient (Wildman–Crippen LogP) is 4.90. The molecule has 0 bridgehead atoms. The van der Waals surface area contributed by atoms with Crippen molar-refractivity contribution in [1.82, 2.24) is 4.98 Å². The van der Waals surface area contributed by atoms with Crippen molar-refractivity contribution in [1.29, 1.82) is 0 Å². The molecule has 1 aromatic heterocycles. The number of rotatable bonds is 4. The summed E-state index contributed by atoms with van der Waals surface area (Å²) in [5.41, 5.74) is 2.27. The topological polar surface area (TPSA) is 34.2 Å². The molecule has 0 fully saturated rings. The first kappa shape index (κ1) is 15.2. The molecule has 0 aliphatic rings. The van der Waals surface area contributed by atoms with E-state index in [0.717, 1.165) is 22.7 Å². The predicted molar refractivity (Wildman–Crippen MR) is 91.0 cm³/mol. The fraction of sp³-hybridized carbons (Fsp3) is 0.467. The molecule has 0 unspecified atom stereocenters. The average Bonchev–Trinajstić information content (AvgIpc) is 2.53. The van der Waals surface area contributed by atoms with Crippen LogP contribution in [0.1, 0.15) is 5.69 Å². The summed E-state index contributed by atoms with van der Waals surface area (Å²) in [5, 5.41) is 1.18. The molecule has 110 valence electrons. The lowest BCUT2D eigenvalue weighted by atomic mass is 10.2. The standard InChI is InChI=1S/C15H25NO2Si2/c1-11-8-12-9-14(17-19(2,3)4)15(10-13(12)16-11)18-20(5,6)7/h8-10,16H,1-7H3. The van der Waals surface area contributed by atoms with Crippen LogP contribution in [0.4, 0.5) is 0 Å². The van der Waals surface area contributed by atoms with Crippen LogP contribution in [0.25, 0.3) is 10.9 Å². The van der Waals surface area contributed by atoms with Crippen LogP contribution in [0.5, 0.6) is 11.5 Å². The monoisotopic (exact) mass is 307 g/mol. The summed E-state index contributed by atoms with van der Waals surface area (Å²) in [6.45, 7) is 15.2. The van der Waals surface area contributed by atoms with Gasteiger partial charge in [0, 0.05) is 22.7 Å². The minimum atomic E-state index is -1.66. The quantitative estimate of drug-likeness (QED) is 0.815. The molecule has 2 aromatic rings. The number of hydrogen-bond donors (Lipinski definition) is 1. The zero-order chi connectivity index (χ0) is 15.1. The molecule has 0 saturated heterocycles. The molecule has 3 nitrogen and oxygen atoms in total. The van der Waals surface area contributed by atoms with Crippen LogP contribution in [0.2, 0.25) is 39.3 Å². The van der Waals surface area contributed by atoms with Gasteiger partial charge in [-0.1, -0.05) is 0 Å². The number of H-pyrrole nitrogens is 1. The molecule has 20 heavy (non-hydrogen) atoms. The van der Waals surface area contributed by atoms with Gasteiger partial charge in [0.2, 0.25) is 16.6 Å². The highest BCUT2D eigenvalue weighted by atomic mass is 28.4. The summed E-state index contributed by atoms with van der Waals surface area (Å²) in [6, 6.07) is 6.33. The zero-order valence-corrected chi connectivity index (χ0v) is 15.5. The number of aromatic nitrogens is 1. The molecule has 1 N–H and O–H groups in total. The molecule has 0 radical (unpaired) electrons. The largest absolute Gasteiger partial charge is 0.542 e. The van der Waals surface area contributed by atoms with E-state index in [0.29, 0.717) is 0 Å². The fourth-order valence-corrected chi connectivity index (χ4v) is 3.74. The van der Waals surface area contributed by atoms with Crippen molar-refractivity contribution in [3.63, 3.8) is 0 Å². The summed E-state index contributed by atoms with van der Waals surface area (Å²) in [7, 11) is -3.32. The van der Waals surface area contributed by atoms with Crippen LogP contribution in [0.3, 0.4) is 0 Å². The Kier molecular flexibility index (Phi) is 3.77. The Labute approximate surface area is 123 Å². The Morgan fingerprint density at radius 1 is 0.800 bits per heavy atom. The maximum absolute atomic E-state index is 6.22. The van der Waals surface area contributed by atoms with E-state index in [1.54, 1.807) is 0 Å². The van der Waals surface area contributed by atoms with E-state index in [-0.39, 0.29) is 0 Å². The molecular weight excluding hydrogens is 282 g/mol. The molecular formula is C15H25NO2Si2. The number of benzene rings is 1. The highest BCUT2D eigenvalue weighted by Gasteiger charge is 2.23. The van der Waals surface area contributed by atoms with Crippen LogP contribution < -0.4 is 8.85 Å². The number of aryl methyl sites for hydroxylation is 1. The van der Waals surface area contributed by atoms with Crippen LogP contribution in [0, 0.1) is 6.92 Å². The van der Waals surface area contributed by atoms with Gasteiger partial charge in [0.15, 0.2) is 0 Å². The highest BCUT2D eigenvalue weighted by Crippen LogP contribution is 2.35. The van der Waals surface area contributed by atoms with Gasteiger partial charge < -0.3 is 13.8 Å². The van der Waals surface area contributed by atoms with Gasteiger partial charge >= 0.3 is 0 Å². The van der Waals surface area contributed by atoms with E-state index in [1.807, 2.05) is 0 Å². The molecule has 1 heterocycles. The second-order valence-electron chi connectivity index (χ2n) is 7.27. The average molecular weight is 308 g/mol. The summed E-state index contributed by atoms with van der Waals surface area (Å²) in [5.74, 6) is 1.76. The first-order valence-corrected chi connectivity index (χ1v) is 13.9. The van der Waals surface area contributed by atoms with Gasteiger partial charge in [0.1, 0.15) is 11.5 Å². The second-order valence-corrected chi connectivity index (χ2v) is 16.1. The molecule has 1 aromatic carbocycles. The summed E-state index contributed by atoms with van der Waals surface area (Å²) < 4.78 is 12.4. The van der Waals surface area contributed by atoms with Crippen molar-refractivity contribution < 1.29 is 8.85 Å². The molecule has 0 aliphatic heterocycles. The normalized spacial score (nSPS) is 12.8. The third-order valence-electron chi connectivity index (χ3n) is 2.65. The van der Waals surface area contributed by atoms with Gasteiger partial charge in [-0.3, -0.25) is 0 Å². The molecule has 2 rings (SSSR count). The lowest BCUT2D eigenvalue weighted by molar-refractivity contribution is 0.490. The van der Waals surface area contributed by atoms with Crippen molar-refractivity contribution in [2.24, 2.45) is 0 Å². The van der Waals surface area contributed by atoms with Crippen molar-refractivity contribution in [3.8, 4) is 11.5 Å². The minimum Gasteiger partial charge on any atom is -0.542 e. The maximum Gasteiger partial charge on any atom is 0.242 e. The van der Waals surface area contributed by atoms with Crippen LogP contribution >= 0.6 is 0 Å². The lowest BCUT2D eigenvalue weighted by Gasteiger charge is -2.25. The summed E-state index contributed by atoms with van der Waals surface area (Å²) in [6.07, 6.45) is 0. The number of aromatic amines is 1. The number of fused-ring (bicyclic) bond motifs is 1. The van der Waals surface area contributed by atoms with Crippen LogP contribution in [-0.4, -0.2) is 21.6 Å². The number of nitrogens with one attached hydrogen (secondary N) is 1. The first-order valence-electron chi connectivity index (χ1n) is 7.05. The van der Waals surface area contributed by atoms with Crippen molar-refractivity contribution in [2.75, 3.05) is 0 Å².